The first-order valence-electron chi connectivity index (χ1n) is 5.55. The number of anilines is 1. The van der Waals surface area contributed by atoms with Crippen LogP contribution in [0.25, 0.3) is 0 Å². The molecule has 17 heavy (non-hydrogen) atoms. The number of hydrogen-bond acceptors (Lipinski definition) is 3. The van der Waals surface area contributed by atoms with Crippen LogP contribution < -0.4 is 5.32 Å². The van der Waals surface area contributed by atoms with E-state index in [4.69, 9.17) is 5.11 Å². The normalized spacial score (nSPS) is 12.1. The van der Waals surface area contributed by atoms with E-state index in [1.54, 1.807) is 0 Å². The molecule has 0 aliphatic carbocycles. The van der Waals surface area contributed by atoms with E-state index in [0.29, 0.717) is 18.0 Å². The molecule has 6 heteroatoms. The second-order valence-corrected chi connectivity index (χ2v) is 4.09. The van der Waals surface area contributed by atoms with Gasteiger partial charge in [0, 0.05) is 12.6 Å². The maximum Gasteiger partial charge on any atom is 0.325 e. The summed E-state index contributed by atoms with van der Waals surface area (Å²) >= 11 is 0. The lowest BCUT2D eigenvalue weighted by atomic mass is 10.1. The second-order valence-electron chi connectivity index (χ2n) is 4.09. The lowest BCUT2D eigenvalue weighted by Gasteiger charge is -2.07. The summed E-state index contributed by atoms with van der Waals surface area (Å²) in [4.78, 5) is 22.0. The Bertz CT molecular complexity index is 400. The summed E-state index contributed by atoms with van der Waals surface area (Å²) in [5.74, 6) is -0.705. The van der Waals surface area contributed by atoms with Gasteiger partial charge >= 0.3 is 5.97 Å². The molecule has 0 fully saturated rings. The zero-order valence-corrected chi connectivity index (χ0v) is 10.0. The minimum atomic E-state index is -0.967. The molecule has 0 spiro atoms. The quantitative estimate of drug-likeness (QED) is 0.784. The molecule has 0 saturated heterocycles. The van der Waals surface area contributed by atoms with Crippen molar-refractivity contribution in [3.63, 3.8) is 0 Å². The van der Waals surface area contributed by atoms with Gasteiger partial charge in [-0.2, -0.15) is 5.10 Å². The summed E-state index contributed by atoms with van der Waals surface area (Å²) in [5.41, 5.74) is 0.527. The van der Waals surface area contributed by atoms with Gasteiger partial charge in [-0.05, 0) is 5.92 Å². The molecule has 0 radical (unpaired) electrons. The van der Waals surface area contributed by atoms with Gasteiger partial charge in [-0.1, -0.05) is 20.3 Å². The Labute approximate surface area is 99.6 Å². The number of aliphatic carboxylic acids is 1. The van der Waals surface area contributed by atoms with Gasteiger partial charge in [0.05, 0.1) is 11.9 Å². The van der Waals surface area contributed by atoms with Crippen LogP contribution in [-0.4, -0.2) is 26.8 Å². The smallest absolute Gasteiger partial charge is 0.325 e. The summed E-state index contributed by atoms with van der Waals surface area (Å²) in [7, 11) is 0. The Balaban J connectivity index is 2.48. The maximum atomic E-state index is 11.5. The van der Waals surface area contributed by atoms with Gasteiger partial charge in [0.25, 0.3) is 0 Å². The molecule has 1 unspecified atom stereocenters. The number of nitrogens with one attached hydrogen (secondary N) is 1. The van der Waals surface area contributed by atoms with Crippen LogP contribution in [0.4, 0.5) is 5.69 Å². The van der Waals surface area contributed by atoms with Crippen LogP contribution >= 0.6 is 0 Å². The molecule has 0 saturated carbocycles. The van der Waals surface area contributed by atoms with Gasteiger partial charge in [-0.15, -0.1) is 0 Å². The Kier molecular flexibility index (Phi) is 4.68. The summed E-state index contributed by atoms with van der Waals surface area (Å²) in [6.07, 6.45) is 4.35. The van der Waals surface area contributed by atoms with Crippen molar-refractivity contribution in [1.29, 1.82) is 0 Å². The van der Waals surface area contributed by atoms with Gasteiger partial charge in [-0.25, -0.2) is 0 Å². The number of hydrogen-bond donors (Lipinski definition) is 2. The first-order valence-corrected chi connectivity index (χ1v) is 5.55. The number of carbonyl (C=O) groups excluding carboxylic acids is 1. The average Bonchev–Trinajstić information content (AvgIpc) is 2.63. The van der Waals surface area contributed by atoms with Crippen LogP contribution in [0.1, 0.15) is 26.7 Å². The van der Waals surface area contributed by atoms with Crippen LogP contribution in [0.2, 0.25) is 0 Å². The van der Waals surface area contributed by atoms with Crippen LogP contribution in [0.5, 0.6) is 0 Å². The molecule has 1 atom stereocenters. The van der Waals surface area contributed by atoms with Crippen molar-refractivity contribution in [1.82, 2.24) is 9.78 Å². The number of aromatic nitrogens is 2. The van der Waals surface area contributed by atoms with E-state index in [2.05, 4.69) is 10.4 Å². The Morgan fingerprint density at radius 2 is 2.29 bits per heavy atom. The predicted octanol–water partition coefficient (Wildman–Crippen LogP) is 1.34. The predicted molar refractivity (Wildman–Crippen MR) is 62.6 cm³/mol. The van der Waals surface area contributed by atoms with Crippen LogP contribution in [0.15, 0.2) is 12.4 Å². The van der Waals surface area contributed by atoms with E-state index in [1.165, 1.54) is 17.1 Å². The lowest BCUT2D eigenvalue weighted by Crippen LogP contribution is -2.14. The minimum Gasteiger partial charge on any atom is -0.480 e. The molecule has 0 bridgehead atoms. The zero-order chi connectivity index (χ0) is 12.8. The molecule has 94 valence electrons. The summed E-state index contributed by atoms with van der Waals surface area (Å²) < 4.78 is 1.27. The van der Waals surface area contributed by atoms with Crippen molar-refractivity contribution in [2.75, 3.05) is 5.32 Å². The fourth-order valence-electron chi connectivity index (χ4n) is 1.33. The van der Waals surface area contributed by atoms with E-state index >= 15 is 0 Å². The fraction of sp³-hybridized carbons (Fsp3) is 0.545. The highest BCUT2D eigenvalue weighted by molar-refractivity contribution is 5.90. The van der Waals surface area contributed by atoms with Gasteiger partial charge in [-0.3, -0.25) is 14.3 Å². The first kappa shape index (κ1) is 13.2. The molecule has 0 aliphatic heterocycles. The number of carboxylic acids is 1. The van der Waals surface area contributed by atoms with Gasteiger partial charge in [0.1, 0.15) is 6.54 Å². The highest BCUT2D eigenvalue weighted by atomic mass is 16.4. The Hall–Kier alpha value is -1.85. The van der Waals surface area contributed by atoms with Gasteiger partial charge in [0.15, 0.2) is 0 Å². The Morgan fingerprint density at radius 3 is 2.88 bits per heavy atom. The maximum absolute atomic E-state index is 11.5. The summed E-state index contributed by atoms with van der Waals surface area (Å²) in [6.45, 7) is 3.83. The number of nitrogens with zero attached hydrogens (tertiary/aromatic N) is 2. The monoisotopic (exact) mass is 239 g/mol. The molecule has 0 aromatic carbocycles. The standard InChI is InChI=1S/C11H17N3O3/c1-3-8(2)4-10(15)13-9-5-12-14(6-9)7-11(16)17/h5-6,8H,3-4,7H2,1-2H3,(H,13,15)(H,16,17). The van der Waals surface area contributed by atoms with Crippen LogP contribution in [0, 0.1) is 5.92 Å². The zero-order valence-electron chi connectivity index (χ0n) is 10.0. The third-order valence-electron chi connectivity index (χ3n) is 2.45. The van der Waals surface area contributed by atoms with Crippen molar-refractivity contribution in [3.05, 3.63) is 12.4 Å². The van der Waals surface area contributed by atoms with E-state index in [1.807, 2.05) is 13.8 Å². The highest BCUT2D eigenvalue weighted by Crippen LogP contribution is 2.10. The van der Waals surface area contributed by atoms with Crippen LogP contribution in [0.3, 0.4) is 0 Å². The number of carbonyl (C=O) groups is 2. The molecular weight excluding hydrogens is 222 g/mol. The molecule has 2 N–H and O–H groups in total. The van der Waals surface area contributed by atoms with Crippen LogP contribution in [-0.2, 0) is 16.1 Å². The largest absolute Gasteiger partial charge is 0.480 e. The van der Waals surface area contributed by atoms with E-state index in [9.17, 15) is 9.59 Å². The molecule has 6 nitrogen and oxygen atoms in total. The minimum absolute atomic E-state index is 0.0748. The molecule has 1 rings (SSSR count). The lowest BCUT2D eigenvalue weighted by molar-refractivity contribution is -0.137. The average molecular weight is 239 g/mol. The first-order chi connectivity index (χ1) is 8.01. The van der Waals surface area contributed by atoms with E-state index in [-0.39, 0.29) is 12.5 Å². The molecule has 1 heterocycles. The number of carboxylic acid groups (broad SMARTS) is 1. The highest BCUT2D eigenvalue weighted by Gasteiger charge is 2.09. The molecular formula is C11H17N3O3. The Morgan fingerprint density at radius 1 is 1.59 bits per heavy atom. The van der Waals surface area contributed by atoms with Crippen molar-refractivity contribution >= 4 is 17.6 Å². The second kappa shape index (κ2) is 6.03. The third-order valence-corrected chi connectivity index (χ3v) is 2.45. The summed E-state index contributed by atoms with van der Waals surface area (Å²) in [6, 6.07) is 0. The molecule has 1 aromatic heterocycles. The van der Waals surface area contributed by atoms with Gasteiger partial charge in [0.2, 0.25) is 5.91 Å². The molecule has 0 aliphatic rings. The number of rotatable bonds is 6. The van der Waals surface area contributed by atoms with E-state index < -0.39 is 5.97 Å². The molecule has 1 amide bonds. The van der Waals surface area contributed by atoms with Crippen molar-refractivity contribution in [2.24, 2.45) is 5.92 Å². The van der Waals surface area contributed by atoms with Crippen molar-refractivity contribution < 1.29 is 14.7 Å². The fourth-order valence-corrected chi connectivity index (χ4v) is 1.33. The summed E-state index contributed by atoms with van der Waals surface area (Å²) in [5, 5.41) is 15.1. The van der Waals surface area contributed by atoms with E-state index in [0.717, 1.165) is 6.42 Å². The van der Waals surface area contributed by atoms with Gasteiger partial charge < -0.3 is 10.4 Å². The number of amides is 1. The topological polar surface area (TPSA) is 84.2 Å². The SMILES string of the molecule is CCC(C)CC(=O)Nc1cnn(CC(=O)O)c1. The van der Waals surface area contributed by atoms with Crippen molar-refractivity contribution in [3.8, 4) is 0 Å². The third kappa shape index (κ3) is 4.67. The molecule has 1 aromatic rings. The van der Waals surface area contributed by atoms with Crippen molar-refractivity contribution in [2.45, 2.75) is 33.2 Å².